The molecule has 0 bridgehead atoms. The fraction of sp³-hybridized carbons (Fsp3) is 0.524. The number of nitrogens with one attached hydrogen (secondary N) is 6. The maximum atomic E-state index is 12.9. The van der Waals surface area contributed by atoms with E-state index in [0.717, 1.165) is 134 Å². The zero-order valence-corrected chi connectivity index (χ0v) is 66.2. The third-order valence-electron chi connectivity index (χ3n) is 24.7. The number of aromatic nitrogens is 12. The quantitative estimate of drug-likeness (QED) is 0.0670. The summed E-state index contributed by atoms with van der Waals surface area (Å²) in [7, 11) is 0. The molecule has 6 N–H and O–H groups in total. The number of nitrogens with zero attached hydrogens (tertiary/aromatic N) is 12. The molecule has 0 unspecified atom stereocenters. The van der Waals surface area contributed by atoms with Crippen LogP contribution in [0.15, 0.2) is 37.6 Å². The average molecular weight is 1490 g/mol. The zero-order chi connectivity index (χ0) is 73.3. The van der Waals surface area contributed by atoms with E-state index in [1.807, 2.05) is 47.6 Å². The number of fused-ring (bicyclic) bond motifs is 6. The lowest BCUT2D eigenvalue weighted by Crippen LogP contribution is -2.50. The van der Waals surface area contributed by atoms with Crippen LogP contribution < -0.4 is 16.0 Å². The molecule has 24 heteroatoms. The summed E-state index contributed by atoms with van der Waals surface area (Å²) in [4.78, 5) is 77.8. The van der Waals surface area contributed by atoms with Crippen molar-refractivity contribution in [3.05, 3.63) is 119 Å². The number of aromatic amines is 3. The predicted molar refractivity (Wildman–Crippen MR) is 431 cm³/mol. The number of pyridine rings is 3. The van der Waals surface area contributed by atoms with Gasteiger partial charge in [-0.1, -0.05) is 49.0 Å². The van der Waals surface area contributed by atoms with Gasteiger partial charge in [0.25, 0.3) is 0 Å². The minimum absolute atomic E-state index is 0. The maximum absolute atomic E-state index is 12.9. The smallest absolute Gasteiger partial charge is 0.225 e. The second-order valence-corrected chi connectivity index (χ2v) is 35.0. The van der Waals surface area contributed by atoms with E-state index in [1.54, 1.807) is 19.0 Å². The van der Waals surface area contributed by atoms with Crippen molar-refractivity contribution in [2.75, 3.05) is 78.5 Å². The van der Waals surface area contributed by atoms with E-state index in [0.29, 0.717) is 53.2 Å². The molecule has 560 valence electrons. The molecular formula is C82H106N18O3S3. The molecule has 3 saturated heterocycles. The number of H-pyrrole nitrogens is 3. The van der Waals surface area contributed by atoms with Crippen molar-refractivity contribution < 1.29 is 14.4 Å². The van der Waals surface area contributed by atoms with Gasteiger partial charge in [0, 0.05) is 162 Å². The van der Waals surface area contributed by atoms with Gasteiger partial charge in [0.15, 0.2) is 16.9 Å². The highest BCUT2D eigenvalue weighted by molar-refractivity contribution is 7.19. The first-order valence-corrected chi connectivity index (χ1v) is 40.8. The van der Waals surface area contributed by atoms with Gasteiger partial charge < -0.3 is 45.6 Å². The highest BCUT2D eigenvalue weighted by Crippen LogP contribution is 2.55. The van der Waals surface area contributed by atoms with Crippen LogP contribution in [0.1, 0.15) is 204 Å². The first kappa shape index (κ1) is 73.4. The number of carbonyl (C=O) groups excluding carboxylic acids is 3. The first-order valence-electron chi connectivity index (χ1n) is 38.4. The van der Waals surface area contributed by atoms with Gasteiger partial charge in [-0.2, -0.15) is 15.3 Å². The minimum Gasteiger partial charge on any atom is -0.346 e. The molecule has 0 aromatic carbocycles. The van der Waals surface area contributed by atoms with Gasteiger partial charge in [0.05, 0.1) is 17.1 Å². The maximum Gasteiger partial charge on any atom is 0.225 e. The zero-order valence-electron chi connectivity index (χ0n) is 63.7. The van der Waals surface area contributed by atoms with Gasteiger partial charge in [-0.05, 0) is 203 Å². The summed E-state index contributed by atoms with van der Waals surface area (Å²) in [6, 6.07) is 0. The molecule has 3 aliphatic carbocycles. The molecule has 3 saturated carbocycles. The Morgan fingerprint density at radius 2 is 0.623 bits per heavy atom. The van der Waals surface area contributed by atoms with Crippen molar-refractivity contribution in [3.8, 4) is 33.8 Å². The number of thiophene rings is 3. The van der Waals surface area contributed by atoms with Crippen LogP contribution in [0, 0.1) is 80.1 Å². The Morgan fingerprint density at radius 3 is 0.858 bits per heavy atom. The number of hydrogen-bond donors (Lipinski definition) is 6. The Balaban J connectivity index is 0.000000127. The Hall–Kier alpha value is -8.13. The van der Waals surface area contributed by atoms with E-state index < -0.39 is 0 Å². The summed E-state index contributed by atoms with van der Waals surface area (Å²) in [6.07, 6.45) is 17.1. The van der Waals surface area contributed by atoms with Gasteiger partial charge in [-0.25, -0.2) is 28.5 Å². The lowest BCUT2D eigenvalue weighted by Gasteiger charge is -2.39. The number of hydrogen-bond acceptors (Lipinski definition) is 15. The van der Waals surface area contributed by atoms with Gasteiger partial charge in [0.1, 0.15) is 33.5 Å². The van der Waals surface area contributed by atoms with Crippen LogP contribution in [0.2, 0.25) is 0 Å². The fourth-order valence-corrected chi connectivity index (χ4v) is 22.2. The van der Waals surface area contributed by atoms with Crippen LogP contribution in [-0.2, 0) is 14.4 Å². The van der Waals surface area contributed by atoms with Crippen molar-refractivity contribution in [1.29, 1.82) is 0 Å². The number of piperazine rings is 3. The Morgan fingerprint density at radius 1 is 0.377 bits per heavy atom. The van der Waals surface area contributed by atoms with Crippen LogP contribution in [0.3, 0.4) is 0 Å². The third kappa shape index (κ3) is 12.6. The number of rotatable bonds is 12. The van der Waals surface area contributed by atoms with Crippen LogP contribution in [0.4, 0.5) is 0 Å². The molecule has 15 heterocycles. The van der Waals surface area contributed by atoms with Crippen LogP contribution in [-0.4, -0.2) is 170 Å². The molecule has 21 nitrogen and oxygen atoms in total. The second kappa shape index (κ2) is 29.1. The molecule has 106 heavy (non-hydrogen) atoms. The van der Waals surface area contributed by atoms with Crippen LogP contribution >= 0.6 is 34.0 Å². The molecular weight excluding hydrogens is 1380 g/mol. The third-order valence-corrected chi connectivity index (χ3v) is 28.8. The molecule has 18 rings (SSSR count). The Kier molecular flexibility index (Phi) is 20.2. The normalized spacial score (nSPS) is 20.6. The summed E-state index contributed by atoms with van der Waals surface area (Å²) >= 11 is 5.68. The number of carbonyl (C=O) groups is 3. The monoisotopic (exact) mass is 1490 g/mol. The number of amides is 3. The van der Waals surface area contributed by atoms with E-state index in [2.05, 4.69) is 198 Å². The number of aryl methyl sites for hydroxylation is 6. The topological polar surface area (TPSA) is 235 Å². The van der Waals surface area contributed by atoms with Crippen LogP contribution in [0.25, 0.3) is 81.4 Å². The highest BCUT2D eigenvalue weighted by Gasteiger charge is 2.43. The summed E-state index contributed by atoms with van der Waals surface area (Å²) in [5.41, 5.74) is 25.5. The van der Waals surface area contributed by atoms with Crippen molar-refractivity contribution in [2.45, 2.75) is 185 Å². The van der Waals surface area contributed by atoms with Crippen molar-refractivity contribution in [3.63, 3.8) is 0 Å². The van der Waals surface area contributed by atoms with E-state index in [9.17, 15) is 14.4 Å². The van der Waals surface area contributed by atoms with E-state index in [-0.39, 0.29) is 25.2 Å². The van der Waals surface area contributed by atoms with Crippen molar-refractivity contribution in [1.82, 2.24) is 89.4 Å². The summed E-state index contributed by atoms with van der Waals surface area (Å²) < 4.78 is 5.66. The second-order valence-electron chi connectivity index (χ2n) is 31.9. The predicted octanol–water partition coefficient (Wildman–Crippen LogP) is 15.4. The Bertz CT molecular complexity index is 4810. The average Bonchev–Trinajstić information content (AvgIpc) is 1.59. The first-order chi connectivity index (χ1) is 50.5. The fourth-order valence-electron chi connectivity index (χ4n) is 18.2. The molecule has 0 spiro atoms. The molecule has 6 aliphatic rings. The van der Waals surface area contributed by atoms with Gasteiger partial charge >= 0.3 is 0 Å². The SMILES string of the molecule is C.Cc1c(-c2[nH]c3sc(C4CC(C(=O)N5CCNCC5)C4)c(C)c3c2C(C)C)cn2ncnc2c1C.Cc1c(-c2[nH]c3sc(C4CC(C(=O)N5CCNCC5)C4)c(C)c3c2C(C)C)cn2ncnc2c1C.Cc1c(-c2[nH]c3sc(C4CC(C(=O)N5CCNCC5)C4)c(C)c3c2C(C)C)cn2ncnc2c1C. The summed E-state index contributed by atoms with van der Waals surface area (Å²) in [6.45, 7) is 44.0. The van der Waals surface area contributed by atoms with E-state index in [4.69, 9.17) is 0 Å². The van der Waals surface area contributed by atoms with E-state index >= 15 is 0 Å². The molecule has 0 radical (unpaired) electrons. The molecule has 3 aliphatic heterocycles. The lowest BCUT2D eigenvalue weighted by molar-refractivity contribution is -0.140. The van der Waals surface area contributed by atoms with Gasteiger partial charge in [0.2, 0.25) is 17.7 Å². The molecule has 6 fully saturated rings. The van der Waals surface area contributed by atoms with E-state index in [1.165, 1.54) is 146 Å². The largest absolute Gasteiger partial charge is 0.346 e. The summed E-state index contributed by atoms with van der Waals surface area (Å²) in [5.74, 6) is 4.31. The van der Waals surface area contributed by atoms with Gasteiger partial charge in [-0.15, -0.1) is 34.0 Å². The Labute approximate surface area is 633 Å². The van der Waals surface area contributed by atoms with Gasteiger partial charge in [-0.3, -0.25) is 14.4 Å². The van der Waals surface area contributed by atoms with Crippen molar-refractivity contribution >= 4 is 99.3 Å². The lowest BCUT2D eigenvalue weighted by atomic mass is 9.72. The van der Waals surface area contributed by atoms with Crippen LogP contribution in [0.5, 0.6) is 0 Å². The standard InChI is InChI=1S/3C27H34N6OS.CH4/c3*1-14(2)21-22-17(5)24(18-10-19(11-18)27(34)32-8-6-28-7-9-32)35-26(22)31-23(21)20-12-33-25(29-13-30-33)16(4)15(20)3;/h3*12-14,18-19,28,31H,6-11H2,1-5H3;1H4. The minimum atomic E-state index is 0. The highest BCUT2D eigenvalue weighted by atomic mass is 32.1. The molecule has 0 atom stereocenters. The van der Waals surface area contributed by atoms with Crippen molar-refractivity contribution in [2.24, 2.45) is 17.8 Å². The summed E-state index contributed by atoms with van der Waals surface area (Å²) in [5, 5.41) is 27.4. The molecule has 12 aromatic heterocycles. The molecule has 12 aromatic rings. The molecule has 3 amide bonds.